The van der Waals surface area contributed by atoms with E-state index in [1.54, 1.807) is 0 Å². The van der Waals surface area contributed by atoms with E-state index in [9.17, 15) is 0 Å². The summed E-state index contributed by atoms with van der Waals surface area (Å²) in [5.74, 6) is 0.486. The van der Waals surface area contributed by atoms with Gasteiger partial charge in [0.25, 0.3) is 0 Å². The minimum Gasteiger partial charge on any atom is -0.369 e. The molecule has 0 fully saturated rings. The van der Waals surface area contributed by atoms with Crippen molar-refractivity contribution in [1.29, 1.82) is 0 Å². The van der Waals surface area contributed by atoms with E-state index in [4.69, 9.17) is 5.73 Å². The zero-order valence-electron chi connectivity index (χ0n) is 10.2. The minimum atomic E-state index is 0.486. The van der Waals surface area contributed by atoms with E-state index in [0.717, 1.165) is 25.7 Å². The highest BCUT2D eigenvalue weighted by molar-refractivity contribution is 9.11. The number of nitrogens with two attached hydrogens (primary N) is 1. The van der Waals surface area contributed by atoms with Crippen molar-refractivity contribution in [2.45, 2.75) is 6.92 Å². The topological polar surface area (TPSA) is 43.8 Å². The Bertz CT molecular complexity index is 778. The second-order valence-corrected chi connectivity index (χ2v) is 6.16. The third-order valence-electron chi connectivity index (χ3n) is 2.99. The number of nitrogen functional groups attached to an aromatic ring is 1. The lowest BCUT2D eigenvalue weighted by Crippen LogP contribution is -2.01. The first kappa shape index (κ1) is 12.7. The number of rotatable bonds is 1. The molecule has 2 N–H and O–H groups in total. The van der Waals surface area contributed by atoms with Gasteiger partial charge >= 0.3 is 0 Å². The Morgan fingerprint density at radius 3 is 2.68 bits per heavy atom. The van der Waals surface area contributed by atoms with Gasteiger partial charge in [0.15, 0.2) is 0 Å². The van der Waals surface area contributed by atoms with Crippen molar-refractivity contribution in [2.24, 2.45) is 0 Å². The number of aromatic nitrogens is 2. The SMILES string of the molecule is Cc1ccc2c(c1)nc(N)n2-c1cc(Br)ccc1Br. The molecule has 3 aromatic rings. The highest BCUT2D eigenvalue weighted by Gasteiger charge is 2.12. The van der Waals surface area contributed by atoms with E-state index in [2.05, 4.69) is 42.9 Å². The molecule has 0 saturated carbocycles. The second kappa shape index (κ2) is 4.65. The Balaban J connectivity index is 2.36. The molecular formula is C14H11Br2N3. The first-order valence-electron chi connectivity index (χ1n) is 5.76. The van der Waals surface area contributed by atoms with Crippen LogP contribution >= 0.6 is 31.9 Å². The van der Waals surface area contributed by atoms with Crippen molar-refractivity contribution >= 4 is 48.8 Å². The molecular weight excluding hydrogens is 370 g/mol. The van der Waals surface area contributed by atoms with Crippen LogP contribution in [0.25, 0.3) is 16.7 Å². The number of benzene rings is 2. The average Bonchev–Trinajstić information content (AvgIpc) is 2.67. The van der Waals surface area contributed by atoms with Crippen LogP contribution in [0.15, 0.2) is 45.3 Å². The van der Waals surface area contributed by atoms with Gasteiger partial charge in [0.05, 0.1) is 16.7 Å². The van der Waals surface area contributed by atoms with Gasteiger partial charge in [0, 0.05) is 8.95 Å². The van der Waals surface area contributed by atoms with Crippen LogP contribution in [0.4, 0.5) is 5.95 Å². The third kappa shape index (κ3) is 2.17. The van der Waals surface area contributed by atoms with Gasteiger partial charge in [-0.3, -0.25) is 4.57 Å². The minimum absolute atomic E-state index is 0.486. The standard InChI is InChI=1S/C14H11Br2N3/c1-8-2-5-12-11(6-8)18-14(17)19(12)13-7-9(15)3-4-10(13)16/h2-7H,1H3,(H2,17,18). The Labute approximate surface area is 127 Å². The van der Waals surface area contributed by atoms with Crippen LogP contribution in [-0.4, -0.2) is 9.55 Å². The summed E-state index contributed by atoms with van der Waals surface area (Å²) in [5.41, 5.74) is 10.1. The number of hydrogen-bond acceptors (Lipinski definition) is 2. The van der Waals surface area contributed by atoms with Gasteiger partial charge in [-0.2, -0.15) is 0 Å². The molecule has 96 valence electrons. The van der Waals surface area contributed by atoms with Crippen molar-refractivity contribution < 1.29 is 0 Å². The average molecular weight is 381 g/mol. The summed E-state index contributed by atoms with van der Waals surface area (Å²) < 4.78 is 3.92. The predicted octanol–water partition coefficient (Wildman–Crippen LogP) is 4.44. The van der Waals surface area contributed by atoms with E-state index in [-0.39, 0.29) is 0 Å². The summed E-state index contributed by atoms with van der Waals surface area (Å²) in [4.78, 5) is 4.43. The summed E-state index contributed by atoms with van der Waals surface area (Å²) in [6, 6.07) is 12.1. The van der Waals surface area contributed by atoms with Crippen LogP contribution in [-0.2, 0) is 0 Å². The Morgan fingerprint density at radius 1 is 1.11 bits per heavy atom. The number of aryl methyl sites for hydroxylation is 1. The van der Waals surface area contributed by atoms with Crippen molar-refractivity contribution in [3.05, 3.63) is 50.9 Å². The van der Waals surface area contributed by atoms with Gasteiger partial charge < -0.3 is 5.73 Å². The van der Waals surface area contributed by atoms with E-state index in [1.807, 2.05) is 41.8 Å². The Morgan fingerprint density at radius 2 is 1.89 bits per heavy atom. The first-order valence-corrected chi connectivity index (χ1v) is 7.35. The fourth-order valence-corrected chi connectivity index (χ4v) is 2.89. The van der Waals surface area contributed by atoms with E-state index in [1.165, 1.54) is 5.56 Å². The quantitative estimate of drug-likeness (QED) is 0.678. The fourth-order valence-electron chi connectivity index (χ4n) is 2.12. The molecule has 19 heavy (non-hydrogen) atoms. The van der Waals surface area contributed by atoms with Crippen LogP contribution in [0.3, 0.4) is 0 Å². The van der Waals surface area contributed by atoms with Gasteiger partial charge in [0.1, 0.15) is 0 Å². The maximum atomic E-state index is 6.07. The molecule has 0 saturated heterocycles. The Kier molecular flexibility index (Phi) is 3.11. The normalized spacial score (nSPS) is 11.1. The summed E-state index contributed by atoms with van der Waals surface area (Å²) in [7, 11) is 0. The van der Waals surface area contributed by atoms with Crippen molar-refractivity contribution in [3.8, 4) is 5.69 Å². The number of nitrogens with zero attached hydrogens (tertiary/aromatic N) is 2. The van der Waals surface area contributed by atoms with Crippen LogP contribution < -0.4 is 5.73 Å². The fraction of sp³-hybridized carbons (Fsp3) is 0.0714. The Hall–Kier alpha value is -1.33. The maximum Gasteiger partial charge on any atom is 0.205 e. The lowest BCUT2D eigenvalue weighted by Gasteiger charge is -2.09. The molecule has 0 amide bonds. The lowest BCUT2D eigenvalue weighted by atomic mass is 10.2. The van der Waals surface area contributed by atoms with Crippen LogP contribution in [0.1, 0.15) is 5.56 Å². The molecule has 0 radical (unpaired) electrons. The lowest BCUT2D eigenvalue weighted by molar-refractivity contribution is 1.10. The van der Waals surface area contributed by atoms with Crippen molar-refractivity contribution in [3.63, 3.8) is 0 Å². The molecule has 3 nitrogen and oxygen atoms in total. The largest absolute Gasteiger partial charge is 0.369 e. The summed E-state index contributed by atoms with van der Waals surface area (Å²) in [6.45, 7) is 2.05. The number of halogens is 2. The highest BCUT2D eigenvalue weighted by Crippen LogP contribution is 2.30. The summed E-state index contributed by atoms with van der Waals surface area (Å²) in [5, 5.41) is 0. The molecule has 0 bridgehead atoms. The molecule has 1 aromatic heterocycles. The van der Waals surface area contributed by atoms with Gasteiger partial charge in [-0.1, -0.05) is 22.0 Å². The van der Waals surface area contributed by atoms with Crippen molar-refractivity contribution in [2.75, 3.05) is 5.73 Å². The van der Waals surface area contributed by atoms with Gasteiger partial charge in [0.2, 0.25) is 5.95 Å². The van der Waals surface area contributed by atoms with E-state index in [0.29, 0.717) is 5.95 Å². The van der Waals surface area contributed by atoms with Crippen LogP contribution in [0.5, 0.6) is 0 Å². The monoisotopic (exact) mass is 379 g/mol. The molecule has 0 atom stereocenters. The maximum absolute atomic E-state index is 6.07. The molecule has 0 aliphatic rings. The van der Waals surface area contributed by atoms with Gasteiger partial charge in [-0.15, -0.1) is 0 Å². The molecule has 5 heteroatoms. The molecule has 0 spiro atoms. The number of hydrogen-bond donors (Lipinski definition) is 1. The van der Waals surface area contributed by atoms with E-state index < -0.39 is 0 Å². The zero-order chi connectivity index (χ0) is 13.6. The van der Waals surface area contributed by atoms with E-state index >= 15 is 0 Å². The molecule has 0 unspecified atom stereocenters. The van der Waals surface area contributed by atoms with Gasteiger partial charge in [-0.05, 0) is 58.7 Å². The molecule has 0 aliphatic heterocycles. The first-order chi connectivity index (χ1) is 9.06. The molecule has 3 rings (SSSR count). The summed E-state index contributed by atoms with van der Waals surface area (Å²) in [6.07, 6.45) is 0. The summed E-state index contributed by atoms with van der Waals surface area (Å²) >= 11 is 7.05. The molecule has 0 aliphatic carbocycles. The van der Waals surface area contributed by atoms with Crippen LogP contribution in [0, 0.1) is 6.92 Å². The molecule has 2 aromatic carbocycles. The third-order valence-corrected chi connectivity index (χ3v) is 4.15. The smallest absolute Gasteiger partial charge is 0.205 e. The molecule has 1 heterocycles. The highest BCUT2D eigenvalue weighted by atomic mass is 79.9. The number of imidazole rings is 1. The number of anilines is 1. The predicted molar refractivity (Wildman–Crippen MR) is 85.6 cm³/mol. The van der Waals surface area contributed by atoms with Crippen LogP contribution in [0.2, 0.25) is 0 Å². The second-order valence-electron chi connectivity index (χ2n) is 4.39. The van der Waals surface area contributed by atoms with Gasteiger partial charge in [-0.25, -0.2) is 4.98 Å². The number of fused-ring (bicyclic) bond motifs is 1. The zero-order valence-corrected chi connectivity index (χ0v) is 13.4. The van der Waals surface area contributed by atoms with Crippen molar-refractivity contribution in [1.82, 2.24) is 9.55 Å².